The fourth-order valence-electron chi connectivity index (χ4n) is 2.94. The number of carbonyl (C=O) groups excluding carboxylic acids is 1. The molecule has 24 heavy (non-hydrogen) atoms. The maximum absolute atomic E-state index is 11.9. The van der Waals surface area contributed by atoms with E-state index in [1.807, 2.05) is 25.1 Å². The molecule has 0 aliphatic carbocycles. The van der Waals surface area contributed by atoms with Gasteiger partial charge in [-0.25, -0.2) is 4.99 Å². The van der Waals surface area contributed by atoms with E-state index in [9.17, 15) is 4.79 Å². The first-order valence-electron chi connectivity index (χ1n) is 8.28. The predicted molar refractivity (Wildman–Crippen MR) is 95.5 cm³/mol. The Morgan fingerprint density at radius 3 is 2.75 bits per heavy atom. The van der Waals surface area contributed by atoms with E-state index in [-0.39, 0.29) is 24.4 Å². The molecule has 0 bridgehead atoms. The molecule has 1 N–H and O–H groups in total. The first-order chi connectivity index (χ1) is 11.5. The number of aliphatic imine (C=N–C) groups is 1. The van der Waals surface area contributed by atoms with Crippen molar-refractivity contribution in [2.24, 2.45) is 16.8 Å². The van der Waals surface area contributed by atoms with Crippen LogP contribution in [0.2, 0.25) is 0 Å². The van der Waals surface area contributed by atoms with Gasteiger partial charge in [0.25, 0.3) is 0 Å². The summed E-state index contributed by atoms with van der Waals surface area (Å²) >= 11 is 0. The molecule has 1 aromatic carbocycles. The number of nitrogens with zero attached hydrogens (tertiary/aromatic N) is 1. The average Bonchev–Trinajstić information content (AvgIpc) is 2.59. The van der Waals surface area contributed by atoms with Crippen LogP contribution in [0.3, 0.4) is 0 Å². The smallest absolute Gasteiger partial charge is 0.314 e. The number of rotatable bonds is 4. The van der Waals surface area contributed by atoms with Gasteiger partial charge in [-0.15, -0.1) is 0 Å². The zero-order valence-electron chi connectivity index (χ0n) is 14.3. The van der Waals surface area contributed by atoms with Crippen molar-refractivity contribution in [1.29, 1.82) is 0 Å². The van der Waals surface area contributed by atoms with E-state index in [1.54, 1.807) is 6.20 Å². The molecular weight excluding hydrogens is 302 g/mol. The van der Waals surface area contributed by atoms with Crippen molar-refractivity contribution in [2.75, 3.05) is 0 Å². The monoisotopic (exact) mass is 327 g/mol. The number of aliphatic hydroxyl groups excluding tert-OH is 1. The number of carbonyl (C=O) groups is 1. The van der Waals surface area contributed by atoms with Gasteiger partial charge in [0.15, 0.2) is 6.40 Å². The van der Waals surface area contributed by atoms with Crippen molar-refractivity contribution in [1.82, 2.24) is 0 Å². The van der Waals surface area contributed by atoms with Gasteiger partial charge in [0, 0.05) is 6.20 Å². The summed E-state index contributed by atoms with van der Waals surface area (Å²) in [5.41, 5.74) is 3.10. The highest BCUT2D eigenvalue weighted by Crippen LogP contribution is 2.32. The molecule has 1 aliphatic rings. The van der Waals surface area contributed by atoms with E-state index >= 15 is 0 Å². The normalized spacial score (nSPS) is 24.3. The lowest BCUT2D eigenvalue weighted by Crippen LogP contribution is -2.20. The Hall–Kier alpha value is -2.20. The molecule has 0 aromatic heterocycles. The summed E-state index contributed by atoms with van der Waals surface area (Å²) in [5.74, 6) is 0.0487. The Kier molecular flexibility index (Phi) is 6.50. The van der Waals surface area contributed by atoms with Crippen molar-refractivity contribution in [3.05, 3.63) is 59.8 Å². The quantitative estimate of drug-likeness (QED) is 0.851. The van der Waals surface area contributed by atoms with Gasteiger partial charge in [0.1, 0.15) is 0 Å². The van der Waals surface area contributed by atoms with E-state index in [0.717, 1.165) is 17.6 Å². The molecular formula is C20H25NO3. The number of ether oxygens (including phenoxy) is 1. The van der Waals surface area contributed by atoms with Crippen molar-refractivity contribution in [3.63, 3.8) is 0 Å². The molecule has 0 fully saturated rings. The van der Waals surface area contributed by atoms with Gasteiger partial charge in [-0.1, -0.05) is 50.3 Å². The summed E-state index contributed by atoms with van der Waals surface area (Å²) in [6, 6.07) is 8.00. The largest absolute Gasteiger partial charge is 0.414 e. The van der Waals surface area contributed by atoms with Gasteiger partial charge in [-0.2, -0.15) is 0 Å². The zero-order chi connectivity index (χ0) is 17.5. The molecule has 0 radical (unpaired) electrons. The summed E-state index contributed by atoms with van der Waals surface area (Å²) in [6.45, 7) is 8.26. The number of hydrogen-bond donors (Lipinski definition) is 1. The molecule has 3 unspecified atom stereocenters. The Labute approximate surface area is 143 Å². The summed E-state index contributed by atoms with van der Waals surface area (Å²) in [7, 11) is 0. The average molecular weight is 327 g/mol. The van der Waals surface area contributed by atoms with Crippen LogP contribution in [-0.4, -0.2) is 17.5 Å². The van der Waals surface area contributed by atoms with Crippen LogP contribution < -0.4 is 0 Å². The van der Waals surface area contributed by atoms with Gasteiger partial charge in [0.2, 0.25) is 0 Å². The lowest BCUT2D eigenvalue weighted by atomic mass is 9.81. The summed E-state index contributed by atoms with van der Waals surface area (Å²) in [5, 5.41) is 9.15. The molecule has 0 spiro atoms. The second-order valence-corrected chi connectivity index (χ2v) is 6.45. The molecule has 3 atom stereocenters. The first-order valence-corrected chi connectivity index (χ1v) is 8.28. The van der Waals surface area contributed by atoms with Gasteiger partial charge < -0.3 is 9.84 Å². The third-order valence-electron chi connectivity index (χ3n) is 4.54. The van der Waals surface area contributed by atoms with Crippen LogP contribution in [0.25, 0.3) is 0 Å². The summed E-state index contributed by atoms with van der Waals surface area (Å²) in [6.07, 6.45) is 6.26. The number of hydrogen-bond acceptors (Lipinski definition) is 4. The lowest BCUT2D eigenvalue weighted by molar-refractivity contribution is -0.139. The number of esters is 1. The van der Waals surface area contributed by atoms with Crippen LogP contribution in [0.4, 0.5) is 0 Å². The van der Waals surface area contributed by atoms with E-state index < -0.39 is 0 Å². The highest BCUT2D eigenvalue weighted by atomic mass is 16.5. The van der Waals surface area contributed by atoms with E-state index in [1.165, 1.54) is 12.0 Å². The van der Waals surface area contributed by atoms with Crippen LogP contribution in [-0.2, 0) is 16.1 Å². The minimum Gasteiger partial charge on any atom is -0.414 e. The fraction of sp³-hybridized carbons (Fsp3) is 0.400. The van der Waals surface area contributed by atoms with Gasteiger partial charge in [-0.05, 0) is 41.9 Å². The van der Waals surface area contributed by atoms with Gasteiger partial charge in [0.05, 0.1) is 12.5 Å². The maximum Gasteiger partial charge on any atom is 0.314 e. The minimum atomic E-state index is -0.258. The molecule has 1 aliphatic heterocycles. The zero-order valence-corrected chi connectivity index (χ0v) is 14.3. The Morgan fingerprint density at radius 1 is 1.38 bits per heavy atom. The third-order valence-corrected chi connectivity index (χ3v) is 4.54. The first kappa shape index (κ1) is 18.1. The fourth-order valence-corrected chi connectivity index (χ4v) is 2.94. The minimum absolute atomic E-state index is 0.0546. The number of allylic oxidation sites excluding steroid dienone is 2. The Balaban J connectivity index is 2.13. The third kappa shape index (κ3) is 4.90. The highest BCUT2D eigenvalue weighted by molar-refractivity contribution is 5.79. The van der Waals surface area contributed by atoms with Crippen LogP contribution in [0.5, 0.6) is 0 Å². The second kappa shape index (κ2) is 8.60. The number of aliphatic hydroxyl groups is 1. The molecule has 2 rings (SSSR count). The van der Waals surface area contributed by atoms with Crippen LogP contribution in [0, 0.1) is 11.8 Å². The van der Waals surface area contributed by atoms with Crippen molar-refractivity contribution in [3.8, 4) is 0 Å². The van der Waals surface area contributed by atoms with Gasteiger partial charge >= 0.3 is 5.97 Å². The molecule has 4 nitrogen and oxygen atoms in total. The Bertz CT molecular complexity index is 631. The molecule has 1 heterocycles. The van der Waals surface area contributed by atoms with E-state index in [2.05, 4.69) is 30.6 Å². The standard InChI is InChI=1S/C20H25NO3/c1-14-8-9-21-13-24-20(23)16(3)11-19(14)10-15(2)18-6-4-17(12-22)5-7-18/h4-9,13,15-16,19,22H,1,10-12H2,2-3H3/b9-8-,21-13?. The summed E-state index contributed by atoms with van der Waals surface area (Å²) < 4.78 is 4.99. The second-order valence-electron chi connectivity index (χ2n) is 6.45. The topological polar surface area (TPSA) is 58.9 Å². The number of cyclic esters (lactones) is 1. The Morgan fingerprint density at radius 2 is 2.08 bits per heavy atom. The van der Waals surface area contributed by atoms with Crippen molar-refractivity contribution >= 4 is 12.4 Å². The molecule has 0 amide bonds. The maximum atomic E-state index is 11.9. The molecule has 4 heteroatoms. The number of benzene rings is 1. The molecule has 1 aromatic rings. The van der Waals surface area contributed by atoms with Crippen LogP contribution >= 0.6 is 0 Å². The molecule has 128 valence electrons. The van der Waals surface area contributed by atoms with Crippen molar-refractivity contribution < 1.29 is 14.6 Å². The van der Waals surface area contributed by atoms with Crippen LogP contribution in [0.15, 0.2) is 53.7 Å². The van der Waals surface area contributed by atoms with Gasteiger partial charge in [-0.3, -0.25) is 4.79 Å². The highest BCUT2D eigenvalue weighted by Gasteiger charge is 2.24. The lowest BCUT2D eigenvalue weighted by Gasteiger charge is -2.24. The molecule has 0 saturated carbocycles. The predicted octanol–water partition coefficient (Wildman–Crippen LogP) is 3.97. The van der Waals surface area contributed by atoms with E-state index in [0.29, 0.717) is 12.3 Å². The van der Waals surface area contributed by atoms with E-state index in [4.69, 9.17) is 9.84 Å². The molecule has 0 saturated heterocycles. The van der Waals surface area contributed by atoms with Crippen molar-refractivity contribution in [2.45, 2.75) is 39.2 Å². The summed E-state index contributed by atoms with van der Waals surface area (Å²) in [4.78, 5) is 15.8. The van der Waals surface area contributed by atoms with Crippen LogP contribution in [0.1, 0.15) is 43.7 Å². The SMILES string of the molecule is C=C1/C=C\N=COC(=O)C(C)CC1CC(C)c1ccc(CO)cc1.